The third-order valence-electron chi connectivity index (χ3n) is 6.79. The van der Waals surface area contributed by atoms with E-state index < -0.39 is 0 Å². The molecule has 166 valence electrons. The molecule has 0 aromatic heterocycles. The number of carbonyl (C=O) groups is 2. The normalized spacial score (nSPS) is 20.3. The predicted molar refractivity (Wildman–Crippen MR) is 125 cm³/mol. The summed E-state index contributed by atoms with van der Waals surface area (Å²) in [5, 5.41) is 5.93. The van der Waals surface area contributed by atoms with Gasteiger partial charge in [0.05, 0.1) is 30.6 Å². The zero-order chi connectivity index (χ0) is 21.4. The van der Waals surface area contributed by atoms with Gasteiger partial charge in [-0.1, -0.05) is 24.1 Å². The van der Waals surface area contributed by atoms with Crippen LogP contribution in [0.25, 0.3) is 0 Å². The minimum Gasteiger partial charge on any atom is -0.349 e. The molecule has 0 spiro atoms. The van der Waals surface area contributed by atoms with Crippen LogP contribution in [0.4, 0.5) is 5.69 Å². The number of hydrogen-bond acceptors (Lipinski definition) is 3. The minimum atomic E-state index is -0.231. The molecule has 3 rings (SSSR count). The van der Waals surface area contributed by atoms with Gasteiger partial charge >= 0.3 is 0 Å². The number of likely N-dealkylation sites (tertiary alicyclic amines) is 1. The van der Waals surface area contributed by atoms with E-state index >= 15 is 0 Å². The fraction of sp³-hybridized carbons (Fsp3) is 0.667. The molecular formula is C24H38N3O2S+. The van der Waals surface area contributed by atoms with E-state index in [9.17, 15) is 9.59 Å². The SMILES string of the molecule is Cc1ccc(NC(=O)CS[C@@H](C)C(=O)NCC2([NH+]3CCCCC3)CCCCC2)cc1. The van der Waals surface area contributed by atoms with Crippen LogP contribution in [-0.2, 0) is 9.59 Å². The Morgan fingerprint density at radius 2 is 1.67 bits per heavy atom. The van der Waals surface area contributed by atoms with Gasteiger partial charge in [-0.05, 0) is 58.1 Å². The third-order valence-corrected chi connectivity index (χ3v) is 7.93. The van der Waals surface area contributed by atoms with Crippen molar-refractivity contribution in [1.82, 2.24) is 5.32 Å². The molecule has 1 aromatic carbocycles. The maximum Gasteiger partial charge on any atom is 0.234 e. The molecule has 30 heavy (non-hydrogen) atoms. The molecule has 2 amide bonds. The molecule has 0 radical (unpaired) electrons. The van der Waals surface area contributed by atoms with E-state index in [4.69, 9.17) is 0 Å². The van der Waals surface area contributed by atoms with Gasteiger partial charge in [0.2, 0.25) is 11.8 Å². The summed E-state index contributed by atoms with van der Waals surface area (Å²) in [5.41, 5.74) is 2.18. The number of nitrogens with one attached hydrogen (secondary N) is 3. The summed E-state index contributed by atoms with van der Waals surface area (Å²) >= 11 is 1.41. The van der Waals surface area contributed by atoms with Gasteiger partial charge in [0.1, 0.15) is 5.54 Å². The molecular weight excluding hydrogens is 394 g/mol. The van der Waals surface area contributed by atoms with E-state index in [1.807, 2.05) is 38.1 Å². The van der Waals surface area contributed by atoms with Gasteiger partial charge in [0.15, 0.2) is 0 Å². The van der Waals surface area contributed by atoms with Crippen molar-refractivity contribution in [2.24, 2.45) is 0 Å². The summed E-state index contributed by atoms with van der Waals surface area (Å²) in [6, 6.07) is 7.76. The quantitative estimate of drug-likeness (QED) is 0.592. The first-order chi connectivity index (χ1) is 14.5. The molecule has 2 aliphatic rings. The van der Waals surface area contributed by atoms with Crippen molar-refractivity contribution in [2.75, 3.05) is 30.7 Å². The van der Waals surface area contributed by atoms with Crippen molar-refractivity contribution in [1.29, 1.82) is 0 Å². The summed E-state index contributed by atoms with van der Waals surface area (Å²) in [4.78, 5) is 26.7. The van der Waals surface area contributed by atoms with Crippen LogP contribution in [-0.4, -0.2) is 48.0 Å². The van der Waals surface area contributed by atoms with E-state index in [2.05, 4.69) is 10.6 Å². The lowest BCUT2D eigenvalue weighted by Crippen LogP contribution is -3.22. The maximum atomic E-state index is 12.7. The number of aryl methyl sites for hydroxylation is 1. The zero-order valence-corrected chi connectivity index (χ0v) is 19.4. The van der Waals surface area contributed by atoms with Gasteiger partial charge in [-0.3, -0.25) is 9.59 Å². The second-order valence-electron chi connectivity index (χ2n) is 9.09. The van der Waals surface area contributed by atoms with Crippen LogP contribution >= 0.6 is 11.8 Å². The van der Waals surface area contributed by atoms with Crippen LogP contribution in [0.3, 0.4) is 0 Å². The van der Waals surface area contributed by atoms with Crippen molar-refractivity contribution in [2.45, 2.75) is 76.0 Å². The zero-order valence-electron chi connectivity index (χ0n) is 18.6. The Morgan fingerprint density at radius 1 is 1.03 bits per heavy atom. The van der Waals surface area contributed by atoms with Gasteiger partial charge in [0.25, 0.3) is 0 Å². The monoisotopic (exact) mass is 432 g/mol. The Kier molecular flexibility index (Phi) is 8.63. The smallest absolute Gasteiger partial charge is 0.234 e. The maximum absolute atomic E-state index is 12.7. The average Bonchev–Trinajstić information content (AvgIpc) is 2.78. The van der Waals surface area contributed by atoms with E-state index in [0.29, 0.717) is 0 Å². The number of rotatable bonds is 8. The second-order valence-corrected chi connectivity index (χ2v) is 10.4. The van der Waals surface area contributed by atoms with E-state index in [0.717, 1.165) is 17.8 Å². The Labute approximate surface area is 185 Å². The molecule has 0 unspecified atom stereocenters. The van der Waals surface area contributed by atoms with Crippen molar-refractivity contribution >= 4 is 29.3 Å². The number of carbonyl (C=O) groups excluding carboxylic acids is 2. The molecule has 1 heterocycles. The Bertz CT molecular complexity index is 695. The van der Waals surface area contributed by atoms with Crippen LogP contribution in [0.15, 0.2) is 24.3 Å². The summed E-state index contributed by atoms with van der Waals surface area (Å²) < 4.78 is 0. The van der Waals surface area contributed by atoms with Crippen LogP contribution in [0.1, 0.15) is 63.9 Å². The first-order valence-electron chi connectivity index (χ1n) is 11.6. The average molecular weight is 433 g/mol. The number of benzene rings is 1. The first-order valence-corrected chi connectivity index (χ1v) is 12.6. The fourth-order valence-electron chi connectivity index (χ4n) is 4.90. The summed E-state index contributed by atoms with van der Waals surface area (Å²) in [6.07, 6.45) is 10.3. The predicted octanol–water partition coefficient (Wildman–Crippen LogP) is 2.94. The Balaban J connectivity index is 1.45. The first kappa shape index (κ1) is 23.1. The van der Waals surface area contributed by atoms with Gasteiger partial charge in [0, 0.05) is 18.5 Å². The second kappa shape index (κ2) is 11.2. The molecule has 1 atom stereocenters. The minimum absolute atomic E-state index is 0.0597. The highest BCUT2D eigenvalue weighted by Crippen LogP contribution is 2.26. The lowest BCUT2D eigenvalue weighted by atomic mass is 9.79. The van der Waals surface area contributed by atoms with Crippen LogP contribution < -0.4 is 15.5 Å². The summed E-state index contributed by atoms with van der Waals surface area (Å²) in [5.74, 6) is 0.278. The lowest BCUT2D eigenvalue weighted by molar-refractivity contribution is -0.957. The van der Waals surface area contributed by atoms with E-state index in [-0.39, 0.29) is 28.4 Å². The Hall–Kier alpha value is -1.53. The van der Waals surface area contributed by atoms with E-state index in [1.54, 1.807) is 4.90 Å². The lowest BCUT2D eigenvalue weighted by Gasteiger charge is -2.45. The molecule has 1 aromatic rings. The Morgan fingerprint density at radius 3 is 2.33 bits per heavy atom. The number of piperidine rings is 1. The van der Waals surface area contributed by atoms with Gasteiger partial charge < -0.3 is 15.5 Å². The number of thioether (sulfide) groups is 1. The molecule has 2 fully saturated rings. The number of quaternary nitrogens is 1. The van der Waals surface area contributed by atoms with Crippen molar-refractivity contribution in [3.05, 3.63) is 29.8 Å². The molecule has 1 saturated carbocycles. The largest absolute Gasteiger partial charge is 0.349 e. The molecule has 1 aliphatic heterocycles. The molecule has 1 aliphatic carbocycles. The molecule has 1 saturated heterocycles. The molecule has 3 N–H and O–H groups in total. The highest BCUT2D eigenvalue weighted by molar-refractivity contribution is 8.01. The molecule has 0 bridgehead atoms. The summed E-state index contributed by atoms with van der Waals surface area (Å²) in [7, 11) is 0. The van der Waals surface area contributed by atoms with Crippen LogP contribution in [0, 0.1) is 6.92 Å². The highest BCUT2D eigenvalue weighted by Gasteiger charge is 2.42. The van der Waals surface area contributed by atoms with E-state index in [1.165, 1.54) is 76.2 Å². The van der Waals surface area contributed by atoms with Gasteiger partial charge in [-0.2, -0.15) is 0 Å². The molecule has 5 nitrogen and oxygen atoms in total. The standard InChI is InChI=1S/C24H37N3O2S/c1-19-9-11-21(12-10-19)26-22(28)17-30-20(2)23(29)25-18-24(13-5-3-6-14-24)27-15-7-4-8-16-27/h9-12,20H,3-8,13-18H2,1-2H3,(H,25,29)(H,26,28)/p+1/t20-/m0/s1. The third kappa shape index (κ3) is 6.48. The van der Waals surface area contributed by atoms with Crippen LogP contribution in [0.5, 0.6) is 0 Å². The van der Waals surface area contributed by atoms with Gasteiger partial charge in [-0.25, -0.2) is 0 Å². The topological polar surface area (TPSA) is 62.6 Å². The molecule has 6 heteroatoms. The number of hydrogen-bond donors (Lipinski definition) is 3. The van der Waals surface area contributed by atoms with Crippen molar-refractivity contribution in [3.63, 3.8) is 0 Å². The van der Waals surface area contributed by atoms with Crippen molar-refractivity contribution in [3.8, 4) is 0 Å². The fourth-order valence-corrected chi connectivity index (χ4v) is 5.61. The van der Waals surface area contributed by atoms with Crippen molar-refractivity contribution < 1.29 is 14.5 Å². The number of anilines is 1. The van der Waals surface area contributed by atoms with Crippen LogP contribution in [0.2, 0.25) is 0 Å². The highest BCUT2D eigenvalue weighted by atomic mass is 32.2. The number of amides is 2. The summed E-state index contributed by atoms with van der Waals surface area (Å²) in [6.45, 7) is 7.20. The van der Waals surface area contributed by atoms with Gasteiger partial charge in [-0.15, -0.1) is 11.8 Å².